The molecule has 0 saturated heterocycles. The third kappa shape index (κ3) is 13.9. The standard InChI is InChI=1S/C18H17N5O4.C16H15ClN2O4.C2H3N3.CH2O3.2K.H/c1-3-26-18(25)15-14(17(27-22-15)11-4-5-11)16(24)12-6-7-13(21-10(12)2)23-9-19-8-20-23;1-3-22-16(21)13-12(15(23-19-13)9-4-5-9)14(20)10-6-7-11(17)18-8(10)2;1-3-2-5-4-1;2-1-4-3;;;/h6-9,11H,3-5H2,1-2H3;6-7,9H,3-5H2,1-2H3;1-2H,(H,3,4,5);1,3H;;;/q;;;;2*+1;-1/p-1. The molecule has 0 atom stereocenters. The number of pyridine rings is 2. The average molecular weight is 911 g/mol. The molecule has 0 spiro atoms. The summed E-state index contributed by atoms with van der Waals surface area (Å²) in [5.74, 6) is -0.343. The van der Waals surface area contributed by atoms with Gasteiger partial charge in [0, 0.05) is 23.0 Å². The number of rotatable bonds is 12. The third-order valence-corrected chi connectivity index (χ3v) is 8.57. The number of hydrogen-bond donors (Lipinski definition) is 1. The van der Waals surface area contributed by atoms with Gasteiger partial charge in [-0.15, -0.1) is 0 Å². The van der Waals surface area contributed by atoms with Gasteiger partial charge in [0.1, 0.15) is 41.6 Å². The number of esters is 2. The first-order chi connectivity index (χ1) is 28.5. The molecule has 6 heterocycles. The van der Waals surface area contributed by atoms with E-state index in [9.17, 15) is 19.2 Å². The maximum Gasteiger partial charge on any atom is 1.00 e. The van der Waals surface area contributed by atoms with Gasteiger partial charge in [-0.1, -0.05) is 21.9 Å². The fourth-order valence-corrected chi connectivity index (χ4v) is 5.61. The van der Waals surface area contributed by atoms with Gasteiger partial charge in [0.05, 0.1) is 24.6 Å². The average Bonchev–Trinajstić information content (AvgIpc) is 3.90. The number of hydrogen-bond acceptors (Lipinski definition) is 19. The largest absolute Gasteiger partial charge is 1.00 e. The van der Waals surface area contributed by atoms with Gasteiger partial charge in [-0.2, -0.15) is 10.2 Å². The molecule has 310 valence electrons. The van der Waals surface area contributed by atoms with E-state index in [4.69, 9.17) is 40.2 Å². The van der Waals surface area contributed by atoms with E-state index in [0.717, 1.165) is 25.7 Å². The van der Waals surface area contributed by atoms with Crippen molar-refractivity contribution in [1.82, 2.24) is 50.2 Å². The van der Waals surface area contributed by atoms with Gasteiger partial charge in [-0.25, -0.2) is 34.2 Å². The Labute approximate surface area is 438 Å². The molecule has 0 aromatic carbocycles. The smallest absolute Gasteiger partial charge is 1.00 e. The number of ether oxygens (including phenoxy) is 2. The van der Waals surface area contributed by atoms with Crippen LogP contribution in [-0.4, -0.2) is 93.4 Å². The minimum Gasteiger partial charge on any atom is -1.00 e. The zero-order valence-electron chi connectivity index (χ0n) is 35.0. The van der Waals surface area contributed by atoms with Crippen molar-refractivity contribution in [2.75, 3.05) is 13.2 Å². The van der Waals surface area contributed by atoms with Gasteiger partial charge in [0.2, 0.25) is 23.0 Å². The summed E-state index contributed by atoms with van der Waals surface area (Å²) in [4.78, 5) is 77.6. The van der Waals surface area contributed by atoms with Crippen molar-refractivity contribution in [2.45, 2.75) is 65.2 Å². The van der Waals surface area contributed by atoms with Crippen LogP contribution in [0.1, 0.15) is 129 Å². The fourth-order valence-electron chi connectivity index (χ4n) is 5.42. The van der Waals surface area contributed by atoms with Crippen LogP contribution in [-0.2, 0) is 19.2 Å². The van der Waals surface area contributed by atoms with E-state index >= 15 is 0 Å². The van der Waals surface area contributed by atoms with E-state index in [-0.39, 0.29) is 170 Å². The van der Waals surface area contributed by atoms with Gasteiger partial charge in [-0.05, 0) is 77.6 Å². The molecule has 21 nitrogen and oxygen atoms in total. The first-order valence-electron chi connectivity index (χ1n) is 17.9. The summed E-state index contributed by atoms with van der Waals surface area (Å²) in [5.41, 5.74) is 1.93. The number of nitrogens with one attached hydrogen (secondary N) is 1. The van der Waals surface area contributed by atoms with Crippen molar-refractivity contribution in [2.24, 2.45) is 0 Å². The molecule has 2 saturated carbocycles. The van der Waals surface area contributed by atoms with E-state index in [1.54, 1.807) is 45.9 Å². The van der Waals surface area contributed by atoms with Crippen molar-refractivity contribution in [1.29, 1.82) is 0 Å². The predicted octanol–water partition coefficient (Wildman–Crippen LogP) is -2.08. The second kappa shape index (κ2) is 25.4. The summed E-state index contributed by atoms with van der Waals surface area (Å²) in [6, 6.07) is 6.45. The molecular weight excluding hydrogens is 874 g/mol. The maximum atomic E-state index is 13.2. The van der Waals surface area contributed by atoms with Crippen LogP contribution in [0.2, 0.25) is 5.15 Å². The number of halogens is 1. The van der Waals surface area contributed by atoms with Crippen LogP contribution < -0.4 is 108 Å². The molecular formula is C37H37ClK2N10O11. The molecule has 0 amide bonds. The Kier molecular flexibility index (Phi) is 21.5. The Morgan fingerprint density at radius 2 is 1.34 bits per heavy atom. The van der Waals surface area contributed by atoms with E-state index in [0.29, 0.717) is 45.0 Å². The van der Waals surface area contributed by atoms with Crippen LogP contribution in [0.5, 0.6) is 0 Å². The molecule has 1 N–H and O–H groups in total. The van der Waals surface area contributed by atoms with Crippen molar-refractivity contribution in [3.8, 4) is 5.82 Å². The third-order valence-electron chi connectivity index (χ3n) is 8.36. The van der Waals surface area contributed by atoms with Gasteiger partial charge >= 0.3 is 115 Å². The molecule has 2 aliphatic carbocycles. The summed E-state index contributed by atoms with van der Waals surface area (Å²) in [5, 5.41) is 26.3. The Balaban J connectivity index is 0.000000344. The summed E-state index contributed by atoms with van der Waals surface area (Å²) in [7, 11) is 0. The molecule has 8 rings (SSSR count). The normalized spacial score (nSPS) is 12.2. The van der Waals surface area contributed by atoms with Crippen molar-refractivity contribution in [3.63, 3.8) is 0 Å². The van der Waals surface area contributed by atoms with E-state index < -0.39 is 11.9 Å². The number of carbonyl (C=O) groups is 5. The van der Waals surface area contributed by atoms with Crippen molar-refractivity contribution < 1.29 is 157 Å². The van der Waals surface area contributed by atoms with Gasteiger partial charge in [0.25, 0.3) is 6.47 Å². The van der Waals surface area contributed by atoms with E-state index in [2.05, 4.69) is 50.4 Å². The predicted molar refractivity (Wildman–Crippen MR) is 198 cm³/mol. The molecule has 0 unspecified atom stereocenters. The second-order valence-corrected chi connectivity index (χ2v) is 12.8. The molecule has 0 aliphatic heterocycles. The Morgan fingerprint density at radius 3 is 1.70 bits per heavy atom. The van der Waals surface area contributed by atoms with Crippen molar-refractivity contribution >= 4 is 41.6 Å². The Hall–Kier alpha value is -3.73. The summed E-state index contributed by atoms with van der Waals surface area (Å²) >= 11 is 5.83. The Morgan fingerprint density at radius 1 is 0.836 bits per heavy atom. The molecule has 6 aromatic rings. The minimum absolute atomic E-state index is 0. The van der Waals surface area contributed by atoms with E-state index in [1.165, 1.54) is 36.1 Å². The number of ketones is 2. The zero-order chi connectivity index (χ0) is 42.5. The maximum absolute atomic E-state index is 13.2. The number of aryl methyl sites for hydroxylation is 2. The van der Waals surface area contributed by atoms with Crippen LogP contribution in [0.3, 0.4) is 0 Å². The topological polar surface area (TPSA) is 286 Å². The van der Waals surface area contributed by atoms with Crippen LogP contribution in [0.15, 0.2) is 58.6 Å². The molecule has 0 radical (unpaired) electrons. The molecule has 61 heavy (non-hydrogen) atoms. The van der Waals surface area contributed by atoms with E-state index in [1.807, 2.05) is 0 Å². The molecule has 2 fully saturated rings. The number of carbonyl (C=O) groups excluding carboxylic acids is 5. The second-order valence-electron chi connectivity index (χ2n) is 12.4. The first kappa shape index (κ1) is 51.6. The number of aromatic nitrogens is 10. The molecule has 0 bridgehead atoms. The molecule has 2 aliphatic rings. The molecule has 6 aromatic heterocycles. The summed E-state index contributed by atoms with van der Waals surface area (Å²) in [6.07, 6.45) is 9.51. The number of nitrogens with zero attached hydrogens (tertiary/aromatic N) is 9. The zero-order valence-corrected chi connectivity index (χ0v) is 41.0. The molecule has 24 heteroatoms. The van der Waals surface area contributed by atoms with Crippen molar-refractivity contribution in [3.05, 3.63) is 111 Å². The summed E-state index contributed by atoms with van der Waals surface area (Å²) in [6.45, 7) is 6.99. The van der Waals surface area contributed by atoms with Gasteiger partial charge < -0.3 is 30.1 Å². The van der Waals surface area contributed by atoms with Gasteiger partial charge in [0.15, 0.2) is 17.3 Å². The van der Waals surface area contributed by atoms with Crippen LogP contribution in [0.4, 0.5) is 0 Å². The monoisotopic (exact) mass is 910 g/mol. The van der Waals surface area contributed by atoms with Crippen LogP contribution in [0.25, 0.3) is 5.82 Å². The minimum atomic E-state index is -0.665. The quantitative estimate of drug-likeness (QED) is 0.0262. The fraction of sp³-hybridized carbons (Fsp3) is 0.324. The SMILES string of the molecule is CCOC(=O)c1noc(C2CC2)c1C(=O)c1ccc(-n2cncn2)nc1C.CCOC(=O)c1noc(C2CC2)c1C(=O)c1ccc(Cl)nc1C.O=CO[O-].[H-].[K+].[K+].c1nc[nH]n1. The summed E-state index contributed by atoms with van der Waals surface area (Å²) < 4.78 is 22.1. The number of H-pyrrole nitrogens is 1. The first-order valence-corrected chi connectivity index (χ1v) is 18.3. The van der Waals surface area contributed by atoms with Crippen LogP contribution >= 0.6 is 11.6 Å². The number of aromatic amines is 1. The van der Waals surface area contributed by atoms with Gasteiger partial charge in [-0.3, -0.25) is 19.5 Å². The Bertz CT molecular complexity index is 2370. The van der Waals surface area contributed by atoms with Crippen LogP contribution in [0, 0.1) is 13.8 Å².